The molecule has 4 nitrogen and oxygen atoms in total. The van der Waals surface area contributed by atoms with Crippen molar-refractivity contribution in [3.63, 3.8) is 0 Å². The number of aromatic nitrogens is 4. The minimum absolute atomic E-state index is 0.403. The highest BCUT2D eigenvalue weighted by molar-refractivity contribution is 7.98. The Morgan fingerprint density at radius 1 is 1.08 bits per heavy atom. The highest BCUT2D eigenvalue weighted by atomic mass is 32.2. The van der Waals surface area contributed by atoms with E-state index < -0.39 is 11.7 Å². The first kappa shape index (κ1) is 17.6. The van der Waals surface area contributed by atoms with E-state index in [9.17, 15) is 13.2 Å². The van der Waals surface area contributed by atoms with Crippen LogP contribution in [0.4, 0.5) is 13.2 Å². The summed E-state index contributed by atoms with van der Waals surface area (Å²) < 4.78 is 42.2. The van der Waals surface area contributed by atoms with E-state index in [1.165, 1.54) is 23.9 Å². The Hall–Kier alpha value is -2.22. The van der Waals surface area contributed by atoms with Gasteiger partial charge in [-0.15, -0.1) is 10.2 Å². The lowest BCUT2D eigenvalue weighted by Crippen LogP contribution is -2.05. The zero-order valence-electron chi connectivity index (χ0n) is 13.8. The first-order valence-corrected chi connectivity index (χ1v) is 8.60. The molecule has 0 amide bonds. The van der Waals surface area contributed by atoms with E-state index in [-0.39, 0.29) is 0 Å². The zero-order valence-corrected chi connectivity index (χ0v) is 14.6. The molecule has 1 aromatic carbocycles. The number of benzene rings is 1. The van der Waals surface area contributed by atoms with E-state index in [1.807, 2.05) is 41.6 Å². The summed E-state index contributed by atoms with van der Waals surface area (Å²) in [7, 11) is 3.84. The van der Waals surface area contributed by atoms with Crippen LogP contribution in [0.15, 0.2) is 47.8 Å². The van der Waals surface area contributed by atoms with Crippen LogP contribution >= 0.6 is 11.8 Å². The van der Waals surface area contributed by atoms with Gasteiger partial charge in [0.05, 0.1) is 5.56 Å². The molecule has 0 aliphatic carbocycles. The molecule has 0 saturated carbocycles. The number of hydrogen-bond acceptors (Lipinski definition) is 3. The summed E-state index contributed by atoms with van der Waals surface area (Å²) in [6.45, 7) is 0. The lowest BCUT2D eigenvalue weighted by Gasteiger charge is -2.08. The maximum atomic E-state index is 12.8. The molecule has 3 aromatic rings. The minimum Gasteiger partial charge on any atom is -0.354 e. The fourth-order valence-electron chi connectivity index (χ4n) is 2.45. The summed E-state index contributed by atoms with van der Waals surface area (Å²) in [5.41, 5.74) is 1.09. The SMILES string of the molecule is Cn1cccc1Cc1nnc(SCc2cccc(C(F)(F)F)c2)n1C. The molecule has 0 saturated heterocycles. The molecule has 132 valence electrons. The van der Waals surface area contributed by atoms with E-state index in [0.29, 0.717) is 22.9 Å². The molecule has 2 aromatic heterocycles. The van der Waals surface area contributed by atoms with Crippen molar-refractivity contribution in [3.8, 4) is 0 Å². The van der Waals surface area contributed by atoms with Crippen LogP contribution in [-0.4, -0.2) is 19.3 Å². The molecule has 0 fully saturated rings. The number of alkyl halides is 3. The van der Waals surface area contributed by atoms with Crippen LogP contribution in [0.1, 0.15) is 22.6 Å². The van der Waals surface area contributed by atoms with E-state index in [1.54, 1.807) is 6.07 Å². The third-order valence-corrected chi connectivity index (χ3v) is 5.03. The van der Waals surface area contributed by atoms with E-state index in [0.717, 1.165) is 17.6 Å². The fraction of sp³-hybridized carbons (Fsp3) is 0.294. The van der Waals surface area contributed by atoms with Crippen LogP contribution in [0, 0.1) is 0 Å². The topological polar surface area (TPSA) is 35.6 Å². The van der Waals surface area contributed by atoms with Crippen LogP contribution < -0.4 is 0 Å². The van der Waals surface area contributed by atoms with E-state index in [2.05, 4.69) is 10.2 Å². The van der Waals surface area contributed by atoms with Gasteiger partial charge >= 0.3 is 6.18 Å². The molecule has 25 heavy (non-hydrogen) atoms. The van der Waals surface area contributed by atoms with Gasteiger partial charge < -0.3 is 9.13 Å². The highest BCUT2D eigenvalue weighted by Gasteiger charge is 2.30. The predicted octanol–water partition coefficient (Wildman–Crippen LogP) is 4.06. The van der Waals surface area contributed by atoms with E-state index in [4.69, 9.17) is 0 Å². The lowest BCUT2D eigenvalue weighted by atomic mass is 10.1. The summed E-state index contributed by atoms with van der Waals surface area (Å²) in [4.78, 5) is 0. The number of thioether (sulfide) groups is 1. The van der Waals surface area contributed by atoms with Crippen molar-refractivity contribution in [1.82, 2.24) is 19.3 Å². The second-order valence-corrected chi connectivity index (χ2v) is 6.67. The summed E-state index contributed by atoms with van der Waals surface area (Å²) in [5, 5.41) is 9.04. The van der Waals surface area contributed by atoms with Crippen molar-refractivity contribution >= 4 is 11.8 Å². The van der Waals surface area contributed by atoms with Crippen LogP contribution in [0.25, 0.3) is 0 Å². The molecule has 0 N–H and O–H groups in total. The minimum atomic E-state index is -4.33. The number of aryl methyl sites for hydroxylation is 1. The number of nitrogens with zero attached hydrogens (tertiary/aromatic N) is 4. The van der Waals surface area contributed by atoms with Gasteiger partial charge in [-0.3, -0.25) is 0 Å². The molecule has 0 bridgehead atoms. The lowest BCUT2D eigenvalue weighted by molar-refractivity contribution is -0.137. The third kappa shape index (κ3) is 4.07. The van der Waals surface area contributed by atoms with Gasteiger partial charge in [0.1, 0.15) is 5.82 Å². The summed E-state index contributed by atoms with van der Waals surface area (Å²) in [6.07, 6.45) is -1.71. The molecule has 0 aliphatic heterocycles. The Labute approximate surface area is 147 Å². The number of hydrogen-bond donors (Lipinski definition) is 0. The largest absolute Gasteiger partial charge is 0.416 e. The molecule has 0 atom stereocenters. The van der Waals surface area contributed by atoms with Gasteiger partial charge in [0.25, 0.3) is 0 Å². The van der Waals surface area contributed by atoms with E-state index >= 15 is 0 Å². The Morgan fingerprint density at radius 2 is 1.88 bits per heavy atom. The van der Waals surface area contributed by atoms with Crippen LogP contribution in [-0.2, 0) is 32.4 Å². The average molecular weight is 366 g/mol. The van der Waals surface area contributed by atoms with Gasteiger partial charge in [0, 0.05) is 38.2 Å². The van der Waals surface area contributed by atoms with Gasteiger partial charge in [-0.25, -0.2) is 0 Å². The Bertz CT molecular complexity index is 867. The Kier molecular flexibility index (Phi) is 4.89. The third-order valence-electron chi connectivity index (χ3n) is 3.94. The van der Waals surface area contributed by atoms with Crippen molar-refractivity contribution in [2.75, 3.05) is 0 Å². The second kappa shape index (κ2) is 6.95. The number of halogens is 3. The Morgan fingerprint density at radius 3 is 2.56 bits per heavy atom. The average Bonchev–Trinajstić information content (AvgIpc) is 3.12. The standard InChI is InChI=1S/C17H17F3N4S/c1-23-8-4-7-14(23)10-15-21-22-16(24(15)2)25-11-12-5-3-6-13(9-12)17(18,19)20/h3-9H,10-11H2,1-2H3. The predicted molar refractivity (Wildman–Crippen MR) is 90.2 cm³/mol. The summed E-state index contributed by atoms with van der Waals surface area (Å²) in [5.74, 6) is 1.22. The Balaban J connectivity index is 1.69. The molecule has 0 aliphatic rings. The highest BCUT2D eigenvalue weighted by Crippen LogP contribution is 2.31. The maximum absolute atomic E-state index is 12.8. The van der Waals surface area contributed by atoms with Crippen molar-refractivity contribution < 1.29 is 13.2 Å². The number of rotatable bonds is 5. The zero-order chi connectivity index (χ0) is 18.0. The molecule has 3 rings (SSSR count). The van der Waals surface area contributed by atoms with Crippen molar-refractivity contribution in [2.24, 2.45) is 14.1 Å². The summed E-state index contributed by atoms with van der Waals surface area (Å²) >= 11 is 1.37. The van der Waals surface area contributed by atoms with Crippen LogP contribution in [0.3, 0.4) is 0 Å². The van der Waals surface area contributed by atoms with Crippen LogP contribution in [0.2, 0.25) is 0 Å². The molecular weight excluding hydrogens is 349 g/mol. The maximum Gasteiger partial charge on any atom is 0.416 e. The molecule has 0 radical (unpaired) electrons. The molecule has 0 spiro atoms. The van der Waals surface area contributed by atoms with Crippen molar-refractivity contribution in [3.05, 3.63) is 65.2 Å². The van der Waals surface area contributed by atoms with Crippen LogP contribution in [0.5, 0.6) is 0 Å². The normalized spacial score (nSPS) is 11.9. The monoisotopic (exact) mass is 366 g/mol. The van der Waals surface area contributed by atoms with Gasteiger partial charge in [-0.05, 0) is 23.8 Å². The smallest absolute Gasteiger partial charge is 0.354 e. The quantitative estimate of drug-likeness (QED) is 0.639. The molecule has 0 unspecified atom stereocenters. The second-order valence-electron chi connectivity index (χ2n) is 5.73. The molecular formula is C17H17F3N4S. The van der Waals surface area contributed by atoms with Crippen molar-refractivity contribution in [1.29, 1.82) is 0 Å². The van der Waals surface area contributed by atoms with Crippen molar-refractivity contribution in [2.45, 2.75) is 23.5 Å². The van der Waals surface area contributed by atoms with Gasteiger partial charge in [0.2, 0.25) is 0 Å². The fourth-order valence-corrected chi connectivity index (χ4v) is 3.33. The van der Waals surface area contributed by atoms with Gasteiger partial charge in [-0.1, -0.05) is 30.0 Å². The molecule has 8 heteroatoms. The first-order chi connectivity index (χ1) is 11.8. The summed E-state index contributed by atoms with van der Waals surface area (Å²) in [6, 6.07) is 9.35. The van der Waals surface area contributed by atoms with Gasteiger partial charge in [0.15, 0.2) is 5.16 Å². The first-order valence-electron chi connectivity index (χ1n) is 7.62. The van der Waals surface area contributed by atoms with Gasteiger partial charge in [-0.2, -0.15) is 13.2 Å². The molecule has 2 heterocycles.